The Hall–Kier alpha value is -3.01. The number of piperidine rings is 1. The van der Waals surface area contributed by atoms with Crippen molar-refractivity contribution in [3.63, 3.8) is 0 Å². The molecule has 1 aromatic heterocycles. The van der Waals surface area contributed by atoms with Crippen molar-refractivity contribution in [2.75, 3.05) is 33.2 Å². The molecule has 2 aromatic rings. The molecule has 0 unspecified atom stereocenters. The zero-order chi connectivity index (χ0) is 26.5. The van der Waals surface area contributed by atoms with Crippen LogP contribution in [-0.2, 0) is 22.7 Å². The van der Waals surface area contributed by atoms with Crippen molar-refractivity contribution in [1.82, 2.24) is 19.7 Å². The summed E-state index contributed by atoms with van der Waals surface area (Å²) in [7, 11) is 1.92. The predicted octanol–water partition coefficient (Wildman–Crippen LogP) is 3.27. The molecule has 1 spiro atoms. The van der Waals surface area contributed by atoms with E-state index in [1.54, 1.807) is 11.3 Å². The van der Waals surface area contributed by atoms with Crippen molar-refractivity contribution in [3.05, 3.63) is 51.5 Å². The number of aliphatic carboxylic acids is 1. The number of carbonyl (C=O) groups is 2. The topological polar surface area (TPSA) is 101 Å². The number of carbonyl (C=O) groups excluding carboxylic acids is 1. The third-order valence-corrected chi connectivity index (χ3v) is 7.29. The molecule has 0 bridgehead atoms. The van der Waals surface area contributed by atoms with Crippen LogP contribution < -0.4 is 0 Å². The maximum atomic E-state index is 13.3. The van der Waals surface area contributed by atoms with E-state index in [2.05, 4.69) is 32.3 Å². The number of alkyl halides is 3. The van der Waals surface area contributed by atoms with E-state index in [1.807, 2.05) is 37.1 Å². The van der Waals surface area contributed by atoms with Gasteiger partial charge in [0.1, 0.15) is 5.54 Å². The summed E-state index contributed by atoms with van der Waals surface area (Å²) in [6, 6.07) is 10.0. The average molecular weight is 524 g/mol. The van der Waals surface area contributed by atoms with Crippen LogP contribution in [0, 0.1) is 18.3 Å². The Kier molecular flexibility index (Phi) is 8.71. The number of aryl methyl sites for hydroxylation is 1. The van der Waals surface area contributed by atoms with Crippen LogP contribution in [0.1, 0.15) is 34.7 Å². The summed E-state index contributed by atoms with van der Waals surface area (Å²) in [5.74, 6) is -2.51. The van der Waals surface area contributed by atoms with E-state index >= 15 is 0 Å². The van der Waals surface area contributed by atoms with Crippen LogP contribution >= 0.6 is 11.3 Å². The molecular formula is C24H28F3N5O3S. The molecule has 2 aliphatic heterocycles. The summed E-state index contributed by atoms with van der Waals surface area (Å²) < 4.78 is 31.7. The monoisotopic (exact) mass is 523 g/mol. The summed E-state index contributed by atoms with van der Waals surface area (Å²) >= 11 is 1.67. The molecule has 194 valence electrons. The summed E-state index contributed by atoms with van der Waals surface area (Å²) in [5, 5.41) is 19.4. The largest absolute Gasteiger partial charge is 0.490 e. The number of benzene rings is 1. The molecule has 8 nitrogen and oxygen atoms in total. The lowest BCUT2D eigenvalue weighted by molar-refractivity contribution is -0.192. The first-order valence-electron chi connectivity index (χ1n) is 11.4. The highest BCUT2D eigenvalue weighted by molar-refractivity contribution is 7.09. The normalized spacial score (nSPS) is 18.4. The number of likely N-dealkylation sites (tertiary alicyclic amines) is 1. The highest BCUT2D eigenvalue weighted by Crippen LogP contribution is 2.35. The van der Waals surface area contributed by atoms with Crippen LogP contribution in [0.5, 0.6) is 0 Å². The molecule has 1 aromatic carbocycles. The Morgan fingerprint density at radius 2 is 1.89 bits per heavy atom. The third-order valence-electron chi connectivity index (χ3n) is 6.46. The quantitative estimate of drug-likeness (QED) is 0.657. The van der Waals surface area contributed by atoms with Gasteiger partial charge in [-0.05, 0) is 37.5 Å². The lowest BCUT2D eigenvalue weighted by Gasteiger charge is -2.52. The number of rotatable bonds is 4. The minimum atomic E-state index is -5.08. The van der Waals surface area contributed by atoms with E-state index in [0.717, 1.165) is 68.4 Å². The molecule has 1 N–H and O–H groups in total. The second kappa shape index (κ2) is 11.4. The van der Waals surface area contributed by atoms with Gasteiger partial charge in [-0.2, -0.15) is 18.4 Å². The van der Waals surface area contributed by atoms with Crippen LogP contribution in [0.25, 0.3) is 0 Å². The smallest absolute Gasteiger partial charge is 0.475 e. The van der Waals surface area contributed by atoms with E-state index in [9.17, 15) is 18.0 Å². The molecule has 0 aliphatic carbocycles. The van der Waals surface area contributed by atoms with Crippen LogP contribution in [0.15, 0.2) is 29.6 Å². The van der Waals surface area contributed by atoms with Crippen molar-refractivity contribution in [2.24, 2.45) is 0 Å². The zero-order valence-corrected chi connectivity index (χ0v) is 20.9. The van der Waals surface area contributed by atoms with E-state index in [-0.39, 0.29) is 5.91 Å². The van der Waals surface area contributed by atoms with E-state index in [4.69, 9.17) is 15.2 Å². The Morgan fingerprint density at radius 3 is 2.44 bits per heavy atom. The molecule has 1 amide bonds. The summed E-state index contributed by atoms with van der Waals surface area (Å²) in [5.41, 5.74) is 2.50. The molecule has 0 atom stereocenters. The van der Waals surface area contributed by atoms with Gasteiger partial charge in [0.15, 0.2) is 0 Å². The van der Waals surface area contributed by atoms with Crippen LogP contribution in [-0.4, -0.2) is 81.6 Å². The van der Waals surface area contributed by atoms with E-state index in [1.165, 1.54) is 0 Å². The minimum absolute atomic E-state index is 0.252. The number of piperazine rings is 1. The first-order valence-corrected chi connectivity index (χ1v) is 12.3. The van der Waals surface area contributed by atoms with E-state index in [0.29, 0.717) is 5.56 Å². The number of hydrogen-bond donors (Lipinski definition) is 1. The molecule has 0 radical (unpaired) electrons. The van der Waals surface area contributed by atoms with Crippen molar-refractivity contribution >= 4 is 23.2 Å². The molecule has 2 fully saturated rings. The van der Waals surface area contributed by atoms with Gasteiger partial charge in [-0.15, -0.1) is 11.3 Å². The Bertz CT molecular complexity index is 1120. The number of nitrogens with zero attached hydrogens (tertiary/aromatic N) is 5. The van der Waals surface area contributed by atoms with Gasteiger partial charge < -0.3 is 10.0 Å². The van der Waals surface area contributed by atoms with Crippen molar-refractivity contribution in [1.29, 1.82) is 5.26 Å². The summed E-state index contributed by atoms with van der Waals surface area (Å²) in [4.78, 5) is 33.5. The second-order valence-electron chi connectivity index (χ2n) is 8.93. The van der Waals surface area contributed by atoms with Crippen molar-refractivity contribution in [3.8, 4) is 6.07 Å². The SMILES string of the molecule is Cc1nc(CN2CCN(C)C(=O)C23CCN(Cc2cccc(C#N)c2)CC3)cs1.O=C(O)C(F)(F)F. The summed E-state index contributed by atoms with van der Waals surface area (Å²) in [6.07, 6.45) is -3.42. The standard InChI is InChI=1S/C22H27N5OS.C2HF3O2/c1-17-24-20(16-29-17)15-27-11-10-25(2)21(28)22(27)6-8-26(9-7-22)14-19-5-3-4-18(12-19)13-23;3-2(4,5)1(6)7/h3-5,12,16H,6-11,14-15H2,1-2H3;(H,6,7). The first kappa shape index (κ1) is 27.6. The Balaban J connectivity index is 0.000000454. The highest BCUT2D eigenvalue weighted by Gasteiger charge is 2.49. The van der Waals surface area contributed by atoms with Gasteiger partial charge >= 0.3 is 12.1 Å². The van der Waals surface area contributed by atoms with Crippen molar-refractivity contribution in [2.45, 2.75) is 44.6 Å². The Morgan fingerprint density at radius 1 is 1.22 bits per heavy atom. The number of amides is 1. The van der Waals surface area contributed by atoms with Gasteiger partial charge in [-0.1, -0.05) is 12.1 Å². The molecule has 0 saturated carbocycles. The van der Waals surface area contributed by atoms with Crippen LogP contribution in [0.4, 0.5) is 13.2 Å². The maximum absolute atomic E-state index is 13.3. The zero-order valence-electron chi connectivity index (χ0n) is 20.1. The molecule has 2 aliphatic rings. The fourth-order valence-corrected chi connectivity index (χ4v) is 5.20. The maximum Gasteiger partial charge on any atom is 0.490 e. The minimum Gasteiger partial charge on any atom is -0.475 e. The number of carboxylic acid groups (broad SMARTS) is 1. The van der Waals surface area contributed by atoms with Crippen molar-refractivity contribution < 1.29 is 27.9 Å². The van der Waals surface area contributed by atoms with Gasteiger partial charge in [0, 0.05) is 51.7 Å². The average Bonchev–Trinajstić information content (AvgIpc) is 3.25. The van der Waals surface area contributed by atoms with Gasteiger partial charge in [-0.3, -0.25) is 14.6 Å². The molecule has 3 heterocycles. The van der Waals surface area contributed by atoms with Gasteiger partial charge in [-0.25, -0.2) is 9.78 Å². The number of likely N-dealkylation sites (N-methyl/N-ethyl adjacent to an activating group) is 1. The second-order valence-corrected chi connectivity index (χ2v) is 9.99. The molecule has 12 heteroatoms. The van der Waals surface area contributed by atoms with E-state index < -0.39 is 17.7 Å². The Labute approximate surface area is 211 Å². The number of halogens is 3. The summed E-state index contributed by atoms with van der Waals surface area (Å²) in [6.45, 7) is 7.01. The number of nitriles is 1. The fourth-order valence-electron chi connectivity index (χ4n) is 4.59. The molecule has 2 saturated heterocycles. The van der Waals surface area contributed by atoms with Crippen LogP contribution in [0.3, 0.4) is 0 Å². The highest BCUT2D eigenvalue weighted by atomic mass is 32.1. The fraction of sp³-hybridized carbons (Fsp3) is 0.500. The number of thiazole rings is 1. The van der Waals surface area contributed by atoms with Gasteiger partial charge in [0.2, 0.25) is 5.91 Å². The third kappa shape index (κ3) is 6.60. The molecule has 36 heavy (non-hydrogen) atoms. The van der Waals surface area contributed by atoms with Gasteiger partial charge in [0.25, 0.3) is 0 Å². The lowest BCUT2D eigenvalue weighted by atomic mass is 9.82. The number of aromatic nitrogens is 1. The number of carboxylic acids is 1. The number of hydrogen-bond acceptors (Lipinski definition) is 7. The molecule has 4 rings (SSSR count). The van der Waals surface area contributed by atoms with Crippen LogP contribution in [0.2, 0.25) is 0 Å². The predicted molar refractivity (Wildman–Crippen MR) is 127 cm³/mol. The van der Waals surface area contributed by atoms with Gasteiger partial charge in [0.05, 0.1) is 22.3 Å². The first-order chi connectivity index (χ1) is 16.9. The molecular weight excluding hydrogens is 495 g/mol. The lowest BCUT2D eigenvalue weighted by Crippen LogP contribution is -2.67.